The highest BCUT2D eigenvalue weighted by Gasteiger charge is 2.32. The third-order valence-electron chi connectivity index (χ3n) is 2.95. The fraction of sp³-hybridized carbons (Fsp3) is 0.615. The summed E-state index contributed by atoms with van der Waals surface area (Å²) in [7, 11) is 0. The number of rotatable bonds is 6. The van der Waals surface area contributed by atoms with Gasteiger partial charge in [-0.05, 0) is 31.2 Å². The van der Waals surface area contributed by atoms with Crippen molar-refractivity contribution in [1.29, 1.82) is 0 Å². The Kier molecular flexibility index (Phi) is 3.72. The summed E-state index contributed by atoms with van der Waals surface area (Å²) in [6, 6.07) is 1.89. The number of thiophene rings is 1. The second kappa shape index (κ2) is 5.08. The molecule has 4 heteroatoms. The van der Waals surface area contributed by atoms with E-state index in [4.69, 9.17) is 5.73 Å². The summed E-state index contributed by atoms with van der Waals surface area (Å²) >= 11 is 1.50. The smallest absolute Gasteiger partial charge is 0.178 e. The van der Waals surface area contributed by atoms with Crippen LogP contribution < -0.4 is 11.1 Å². The topological polar surface area (TPSA) is 55.1 Å². The highest BCUT2D eigenvalue weighted by molar-refractivity contribution is 7.18. The average Bonchev–Trinajstić information content (AvgIpc) is 3.02. The van der Waals surface area contributed by atoms with Crippen LogP contribution in [0.4, 0.5) is 10.7 Å². The maximum absolute atomic E-state index is 11.9. The summed E-state index contributed by atoms with van der Waals surface area (Å²) in [6.45, 7) is 5.34. The molecule has 1 aromatic heterocycles. The molecule has 17 heavy (non-hydrogen) atoms. The molecule has 0 radical (unpaired) electrons. The predicted octanol–water partition coefficient (Wildman–Crippen LogP) is 3.38. The quantitative estimate of drug-likeness (QED) is 0.763. The van der Waals surface area contributed by atoms with Gasteiger partial charge in [0.2, 0.25) is 0 Å². The van der Waals surface area contributed by atoms with Crippen molar-refractivity contribution in [2.75, 3.05) is 17.6 Å². The molecule has 3 nitrogen and oxygen atoms in total. The molecule has 0 aliphatic heterocycles. The summed E-state index contributed by atoms with van der Waals surface area (Å²) in [5.74, 6) is 1.18. The number of carbonyl (C=O) groups is 1. The zero-order chi connectivity index (χ0) is 12.4. The number of anilines is 2. The average molecular weight is 252 g/mol. The van der Waals surface area contributed by atoms with Gasteiger partial charge in [-0.15, -0.1) is 11.3 Å². The first kappa shape index (κ1) is 12.4. The highest BCUT2D eigenvalue weighted by atomic mass is 32.1. The van der Waals surface area contributed by atoms with Crippen molar-refractivity contribution in [3.63, 3.8) is 0 Å². The normalized spacial score (nSPS) is 15.2. The van der Waals surface area contributed by atoms with Crippen LogP contribution in [-0.2, 0) is 0 Å². The van der Waals surface area contributed by atoms with Crippen molar-refractivity contribution in [2.24, 2.45) is 11.8 Å². The molecule has 1 aliphatic carbocycles. The van der Waals surface area contributed by atoms with Gasteiger partial charge in [0.1, 0.15) is 0 Å². The molecule has 0 bridgehead atoms. The second-order valence-electron chi connectivity index (χ2n) is 5.14. The molecule has 0 spiro atoms. The minimum Gasteiger partial charge on any atom is -0.397 e. The number of nitrogen functional groups attached to an aromatic ring is 1. The van der Waals surface area contributed by atoms with Crippen molar-refractivity contribution < 1.29 is 4.79 Å². The monoisotopic (exact) mass is 252 g/mol. The van der Waals surface area contributed by atoms with Gasteiger partial charge < -0.3 is 11.1 Å². The molecular formula is C13H20N2OS. The molecule has 1 fully saturated rings. The van der Waals surface area contributed by atoms with E-state index in [0.29, 0.717) is 11.6 Å². The second-order valence-corrected chi connectivity index (χ2v) is 6.20. The van der Waals surface area contributed by atoms with Gasteiger partial charge in [-0.3, -0.25) is 4.79 Å². The minimum absolute atomic E-state index is 0.240. The molecule has 0 unspecified atom stereocenters. The van der Waals surface area contributed by atoms with E-state index in [1.54, 1.807) is 0 Å². The van der Waals surface area contributed by atoms with Crippen LogP contribution in [0.25, 0.3) is 0 Å². The standard InChI is InChI=1S/C13H20N2OS/c1-8(2)5-6-15-11-7-10(14)13(17-11)12(16)9-3-4-9/h7-9,15H,3-6,14H2,1-2H3. The number of hydrogen-bond acceptors (Lipinski definition) is 4. The van der Waals surface area contributed by atoms with Gasteiger partial charge in [-0.2, -0.15) is 0 Å². The number of Topliss-reactive ketones (excluding diaryl/α,β-unsaturated/α-hetero) is 1. The Morgan fingerprint density at radius 1 is 1.59 bits per heavy atom. The highest BCUT2D eigenvalue weighted by Crippen LogP contribution is 2.38. The molecule has 0 saturated heterocycles. The first-order valence-electron chi connectivity index (χ1n) is 6.25. The number of carbonyl (C=O) groups excluding carboxylic acids is 1. The summed E-state index contributed by atoms with van der Waals surface area (Å²) in [4.78, 5) is 12.7. The number of hydrogen-bond donors (Lipinski definition) is 2. The molecule has 1 heterocycles. The van der Waals surface area contributed by atoms with Gasteiger partial charge in [-0.1, -0.05) is 13.8 Å². The van der Waals surface area contributed by atoms with E-state index in [0.717, 1.165) is 35.7 Å². The van der Waals surface area contributed by atoms with Gasteiger partial charge in [0.05, 0.1) is 15.6 Å². The van der Waals surface area contributed by atoms with Crippen molar-refractivity contribution >= 4 is 27.8 Å². The first-order valence-corrected chi connectivity index (χ1v) is 7.07. The lowest BCUT2D eigenvalue weighted by molar-refractivity contribution is 0.0972. The van der Waals surface area contributed by atoms with Crippen molar-refractivity contribution in [2.45, 2.75) is 33.1 Å². The number of ketones is 1. The SMILES string of the molecule is CC(C)CCNc1cc(N)c(C(=O)C2CC2)s1. The zero-order valence-corrected chi connectivity index (χ0v) is 11.3. The fourth-order valence-electron chi connectivity index (χ4n) is 1.70. The zero-order valence-electron chi connectivity index (χ0n) is 10.5. The van der Waals surface area contributed by atoms with Gasteiger partial charge in [0.25, 0.3) is 0 Å². The lowest BCUT2D eigenvalue weighted by Gasteiger charge is -2.05. The Labute approximate surface area is 106 Å². The minimum atomic E-state index is 0.240. The molecule has 0 aromatic carbocycles. The van der Waals surface area contributed by atoms with Crippen molar-refractivity contribution in [3.8, 4) is 0 Å². The van der Waals surface area contributed by atoms with Crippen LogP contribution in [0.15, 0.2) is 6.07 Å². The van der Waals surface area contributed by atoms with E-state index in [9.17, 15) is 4.79 Å². The van der Waals surface area contributed by atoms with Crippen LogP contribution in [0.3, 0.4) is 0 Å². The summed E-state index contributed by atoms with van der Waals surface area (Å²) in [5.41, 5.74) is 6.53. The van der Waals surface area contributed by atoms with E-state index in [1.807, 2.05) is 6.07 Å². The van der Waals surface area contributed by atoms with Gasteiger partial charge >= 0.3 is 0 Å². The molecule has 2 rings (SSSR count). The van der Waals surface area contributed by atoms with E-state index in [1.165, 1.54) is 11.3 Å². The lowest BCUT2D eigenvalue weighted by atomic mass is 10.1. The largest absolute Gasteiger partial charge is 0.397 e. The molecular weight excluding hydrogens is 232 g/mol. The summed E-state index contributed by atoms with van der Waals surface area (Å²) < 4.78 is 0. The van der Waals surface area contributed by atoms with Crippen LogP contribution in [-0.4, -0.2) is 12.3 Å². The molecule has 0 atom stereocenters. The third kappa shape index (κ3) is 3.22. The predicted molar refractivity (Wildman–Crippen MR) is 73.7 cm³/mol. The Bertz CT molecular complexity index is 408. The van der Waals surface area contributed by atoms with Crippen LogP contribution >= 0.6 is 11.3 Å². The van der Waals surface area contributed by atoms with E-state index >= 15 is 0 Å². The molecule has 1 saturated carbocycles. The van der Waals surface area contributed by atoms with Gasteiger partial charge in [0.15, 0.2) is 5.78 Å². The van der Waals surface area contributed by atoms with Crippen LogP contribution in [0, 0.1) is 11.8 Å². The van der Waals surface area contributed by atoms with E-state index in [-0.39, 0.29) is 11.7 Å². The van der Waals surface area contributed by atoms with E-state index < -0.39 is 0 Å². The molecule has 94 valence electrons. The Hall–Kier alpha value is -1.03. The maximum atomic E-state index is 11.9. The molecule has 1 aromatic rings. The van der Waals surface area contributed by atoms with E-state index in [2.05, 4.69) is 19.2 Å². The van der Waals surface area contributed by atoms with Crippen LogP contribution in [0.5, 0.6) is 0 Å². The fourth-order valence-corrected chi connectivity index (χ4v) is 2.72. The lowest BCUT2D eigenvalue weighted by Crippen LogP contribution is -2.03. The Balaban J connectivity index is 1.95. The third-order valence-corrected chi connectivity index (χ3v) is 4.08. The number of nitrogens with two attached hydrogens (primary N) is 1. The Morgan fingerprint density at radius 2 is 2.29 bits per heavy atom. The van der Waals surface area contributed by atoms with Crippen LogP contribution in [0.2, 0.25) is 0 Å². The van der Waals surface area contributed by atoms with Gasteiger partial charge in [0, 0.05) is 12.5 Å². The van der Waals surface area contributed by atoms with Crippen molar-refractivity contribution in [3.05, 3.63) is 10.9 Å². The molecule has 1 aliphatic rings. The molecule has 0 amide bonds. The summed E-state index contributed by atoms with van der Waals surface area (Å²) in [6.07, 6.45) is 3.20. The first-order chi connectivity index (χ1) is 8.08. The van der Waals surface area contributed by atoms with Crippen molar-refractivity contribution in [1.82, 2.24) is 0 Å². The van der Waals surface area contributed by atoms with Crippen LogP contribution in [0.1, 0.15) is 42.8 Å². The summed E-state index contributed by atoms with van der Waals surface area (Å²) in [5, 5.41) is 4.36. The Morgan fingerprint density at radius 3 is 2.88 bits per heavy atom. The van der Waals surface area contributed by atoms with Gasteiger partial charge in [-0.25, -0.2) is 0 Å². The number of nitrogens with one attached hydrogen (secondary N) is 1. The maximum Gasteiger partial charge on any atom is 0.178 e. The molecule has 3 N–H and O–H groups in total.